The predicted octanol–water partition coefficient (Wildman–Crippen LogP) is 2.83. The summed E-state index contributed by atoms with van der Waals surface area (Å²) >= 11 is 1.91. The molecule has 2 atom stereocenters. The Labute approximate surface area is 100 Å². The molecule has 2 rings (SSSR count). The molecule has 2 N–H and O–H groups in total. The van der Waals surface area contributed by atoms with Crippen molar-refractivity contribution >= 4 is 11.8 Å². The molecule has 0 radical (unpaired) electrons. The lowest BCUT2D eigenvalue weighted by Crippen LogP contribution is -2.10. The molecule has 1 aliphatic rings. The van der Waals surface area contributed by atoms with E-state index < -0.39 is 0 Å². The fourth-order valence-corrected chi connectivity index (χ4v) is 3.05. The quantitative estimate of drug-likeness (QED) is 0.858. The predicted molar refractivity (Wildman–Crippen MR) is 65.2 cm³/mol. The van der Waals surface area contributed by atoms with Crippen LogP contribution in [0.3, 0.4) is 0 Å². The Morgan fingerprint density at radius 1 is 1.62 bits per heavy atom. The fraction of sp³-hybridized carbons (Fsp3) is 0.818. The van der Waals surface area contributed by atoms with E-state index in [1.165, 1.54) is 12.2 Å². The van der Waals surface area contributed by atoms with Crippen molar-refractivity contribution in [1.29, 1.82) is 0 Å². The van der Waals surface area contributed by atoms with Gasteiger partial charge < -0.3 is 10.3 Å². The molecule has 2 heterocycles. The highest BCUT2D eigenvalue weighted by Crippen LogP contribution is 2.38. The van der Waals surface area contributed by atoms with E-state index in [1.54, 1.807) is 0 Å². The largest absolute Gasteiger partial charge is 0.338 e. The summed E-state index contributed by atoms with van der Waals surface area (Å²) in [5.41, 5.74) is 5.99. The Bertz CT molecular complexity index is 323. The molecule has 16 heavy (non-hydrogen) atoms. The van der Waals surface area contributed by atoms with E-state index in [1.807, 2.05) is 11.8 Å². The minimum absolute atomic E-state index is 0.0902. The molecule has 1 aliphatic heterocycles. The van der Waals surface area contributed by atoms with Crippen molar-refractivity contribution in [3.05, 3.63) is 11.7 Å². The number of hydrogen-bond donors (Lipinski definition) is 1. The lowest BCUT2D eigenvalue weighted by molar-refractivity contribution is 0.342. The van der Waals surface area contributed by atoms with E-state index in [9.17, 15) is 0 Å². The van der Waals surface area contributed by atoms with Crippen LogP contribution < -0.4 is 5.73 Å². The third kappa shape index (κ3) is 2.77. The number of rotatable bonds is 5. The molecule has 0 bridgehead atoms. The summed E-state index contributed by atoms with van der Waals surface area (Å²) in [7, 11) is 0. The molecule has 0 saturated carbocycles. The minimum Gasteiger partial charge on any atom is -0.338 e. The highest BCUT2D eigenvalue weighted by molar-refractivity contribution is 7.99. The molecule has 90 valence electrons. The van der Waals surface area contributed by atoms with Crippen LogP contribution in [0.1, 0.15) is 62.0 Å². The lowest BCUT2D eigenvalue weighted by atomic mass is 10.1. The maximum atomic E-state index is 5.99. The highest BCUT2D eigenvalue weighted by Gasteiger charge is 2.24. The van der Waals surface area contributed by atoms with E-state index in [2.05, 4.69) is 17.1 Å². The molecule has 1 aromatic heterocycles. The SMILES string of the molecule is CCCC[C@H](N)c1nc(C2CCCS2)no1. The first kappa shape index (κ1) is 11.9. The number of unbranched alkanes of at least 4 members (excludes halogenated alkanes) is 1. The maximum absolute atomic E-state index is 5.99. The van der Waals surface area contributed by atoms with Crippen LogP contribution in [0.4, 0.5) is 0 Å². The maximum Gasteiger partial charge on any atom is 0.243 e. The molecule has 4 nitrogen and oxygen atoms in total. The van der Waals surface area contributed by atoms with E-state index in [0.29, 0.717) is 11.1 Å². The first-order chi connectivity index (χ1) is 7.81. The number of thioether (sulfide) groups is 1. The molecular formula is C11H19N3OS. The average molecular weight is 241 g/mol. The average Bonchev–Trinajstić information content (AvgIpc) is 2.94. The topological polar surface area (TPSA) is 64.9 Å². The summed E-state index contributed by atoms with van der Waals surface area (Å²) < 4.78 is 5.24. The summed E-state index contributed by atoms with van der Waals surface area (Å²) in [6.45, 7) is 2.15. The van der Waals surface area contributed by atoms with Gasteiger partial charge in [-0.05, 0) is 25.0 Å². The van der Waals surface area contributed by atoms with E-state index in [-0.39, 0.29) is 6.04 Å². The smallest absolute Gasteiger partial charge is 0.243 e. The summed E-state index contributed by atoms with van der Waals surface area (Å²) in [6, 6.07) is -0.0902. The molecular weight excluding hydrogens is 222 g/mol. The van der Waals surface area contributed by atoms with Gasteiger partial charge in [-0.1, -0.05) is 24.9 Å². The monoisotopic (exact) mass is 241 g/mol. The molecule has 1 fully saturated rings. The van der Waals surface area contributed by atoms with Gasteiger partial charge in [-0.15, -0.1) is 0 Å². The van der Waals surface area contributed by atoms with Gasteiger partial charge >= 0.3 is 0 Å². The van der Waals surface area contributed by atoms with Crippen LogP contribution in [0.5, 0.6) is 0 Å². The molecule has 0 spiro atoms. The van der Waals surface area contributed by atoms with Crippen LogP contribution in [0, 0.1) is 0 Å². The molecule has 0 aromatic carbocycles. The fourth-order valence-electron chi connectivity index (χ4n) is 1.86. The van der Waals surface area contributed by atoms with Crippen LogP contribution >= 0.6 is 11.8 Å². The molecule has 1 unspecified atom stereocenters. The Kier molecular flexibility index (Phi) is 4.23. The third-order valence-electron chi connectivity index (χ3n) is 2.86. The first-order valence-electron chi connectivity index (χ1n) is 6.02. The number of hydrogen-bond acceptors (Lipinski definition) is 5. The zero-order chi connectivity index (χ0) is 11.4. The molecule has 5 heteroatoms. The van der Waals surface area contributed by atoms with Crippen molar-refractivity contribution in [2.45, 2.75) is 50.3 Å². The Balaban J connectivity index is 1.95. The van der Waals surface area contributed by atoms with Crippen molar-refractivity contribution in [1.82, 2.24) is 10.1 Å². The zero-order valence-corrected chi connectivity index (χ0v) is 10.5. The number of nitrogens with zero attached hydrogens (tertiary/aromatic N) is 2. The molecule has 1 saturated heterocycles. The van der Waals surface area contributed by atoms with Gasteiger partial charge in [-0.25, -0.2) is 0 Å². The van der Waals surface area contributed by atoms with Gasteiger partial charge in [0.2, 0.25) is 5.89 Å². The van der Waals surface area contributed by atoms with Gasteiger partial charge in [0, 0.05) is 0 Å². The number of aromatic nitrogens is 2. The Morgan fingerprint density at radius 3 is 3.19 bits per heavy atom. The van der Waals surface area contributed by atoms with Crippen molar-refractivity contribution in [2.75, 3.05) is 5.75 Å². The molecule has 1 aromatic rings. The van der Waals surface area contributed by atoms with E-state index in [4.69, 9.17) is 10.3 Å². The van der Waals surface area contributed by atoms with Crippen LogP contribution in [0.15, 0.2) is 4.52 Å². The normalized spacial score (nSPS) is 22.5. The molecule has 0 amide bonds. The standard InChI is InChI=1S/C11H19N3OS/c1-2-3-5-8(12)11-13-10(14-15-11)9-6-4-7-16-9/h8-9H,2-7,12H2,1H3/t8-,9?/m0/s1. The van der Waals surface area contributed by atoms with Crippen LogP contribution in [-0.2, 0) is 0 Å². The van der Waals surface area contributed by atoms with E-state index in [0.717, 1.165) is 31.5 Å². The lowest BCUT2D eigenvalue weighted by Gasteiger charge is -2.04. The van der Waals surface area contributed by atoms with E-state index >= 15 is 0 Å². The summed E-state index contributed by atoms with van der Waals surface area (Å²) in [5.74, 6) is 2.65. The number of nitrogens with two attached hydrogens (primary N) is 1. The van der Waals surface area contributed by atoms with Crippen molar-refractivity contribution < 1.29 is 4.52 Å². The van der Waals surface area contributed by atoms with Crippen molar-refractivity contribution in [2.24, 2.45) is 5.73 Å². The summed E-state index contributed by atoms with van der Waals surface area (Å²) in [6.07, 6.45) is 5.59. The second-order valence-corrected chi connectivity index (χ2v) is 5.55. The third-order valence-corrected chi connectivity index (χ3v) is 4.23. The summed E-state index contributed by atoms with van der Waals surface area (Å²) in [5, 5.41) is 4.47. The van der Waals surface area contributed by atoms with Gasteiger partial charge in [-0.3, -0.25) is 0 Å². The second-order valence-electron chi connectivity index (χ2n) is 4.24. The van der Waals surface area contributed by atoms with Crippen molar-refractivity contribution in [3.8, 4) is 0 Å². The van der Waals surface area contributed by atoms with Crippen LogP contribution in [0.25, 0.3) is 0 Å². The van der Waals surface area contributed by atoms with Gasteiger partial charge in [-0.2, -0.15) is 16.7 Å². The van der Waals surface area contributed by atoms with Crippen LogP contribution in [-0.4, -0.2) is 15.9 Å². The van der Waals surface area contributed by atoms with Gasteiger partial charge in [0.25, 0.3) is 0 Å². The first-order valence-corrected chi connectivity index (χ1v) is 7.06. The van der Waals surface area contributed by atoms with Crippen LogP contribution in [0.2, 0.25) is 0 Å². The zero-order valence-electron chi connectivity index (χ0n) is 9.69. The second kappa shape index (κ2) is 5.68. The Morgan fingerprint density at radius 2 is 2.50 bits per heavy atom. The van der Waals surface area contributed by atoms with Crippen molar-refractivity contribution in [3.63, 3.8) is 0 Å². The van der Waals surface area contributed by atoms with Gasteiger partial charge in [0.05, 0.1) is 11.3 Å². The Hall–Kier alpha value is -0.550. The minimum atomic E-state index is -0.0902. The van der Waals surface area contributed by atoms with Gasteiger partial charge in [0.15, 0.2) is 5.82 Å². The highest BCUT2D eigenvalue weighted by atomic mass is 32.2. The van der Waals surface area contributed by atoms with Gasteiger partial charge in [0.1, 0.15) is 0 Å². The molecule has 0 aliphatic carbocycles. The summed E-state index contributed by atoms with van der Waals surface area (Å²) in [4.78, 5) is 4.42.